The Hall–Kier alpha value is -2.21. The van der Waals surface area contributed by atoms with Crippen molar-refractivity contribution >= 4 is 18.0 Å². The molecule has 6 heteroatoms. The molecule has 0 bridgehead atoms. The number of hydrogen-bond acceptors (Lipinski definition) is 4. The number of amides is 1. The van der Waals surface area contributed by atoms with Crippen LogP contribution >= 0.6 is 0 Å². The van der Waals surface area contributed by atoms with Gasteiger partial charge in [-0.15, -0.1) is 0 Å². The molecule has 0 unspecified atom stereocenters. The molecule has 6 nitrogen and oxygen atoms in total. The number of rotatable bonds is 7. The topological polar surface area (TPSA) is 88.5 Å². The number of aliphatic carboxylic acids is 1. The Labute approximate surface area is 117 Å². The second kappa shape index (κ2) is 8.06. The van der Waals surface area contributed by atoms with Crippen molar-refractivity contribution in [2.75, 3.05) is 13.2 Å². The fourth-order valence-corrected chi connectivity index (χ4v) is 1.40. The van der Waals surface area contributed by atoms with Gasteiger partial charge in [-0.1, -0.05) is 0 Å². The van der Waals surface area contributed by atoms with Crippen LogP contribution in [-0.4, -0.2) is 41.2 Å². The number of carbonyl (C=O) groups is 2. The molecule has 0 atom stereocenters. The van der Waals surface area contributed by atoms with Gasteiger partial charge in [0.25, 0.3) is 5.91 Å². The zero-order valence-corrected chi connectivity index (χ0v) is 11.5. The lowest BCUT2D eigenvalue weighted by atomic mass is 10.2. The van der Waals surface area contributed by atoms with Crippen LogP contribution in [0, 0.1) is 0 Å². The summed E-state index contributed by atoms with van der Waals surface area (Å²) in [4.78, 5) is 26.2. The molecule has 1 aromatic heterocycles. The van der Waals surface area contributed by atoms with Crippen LogP contribution in [0.2, 0.25) is 0 Å². The van der Waals surface area contributed by atoms with Crippen LogP contribution in [0.3, 0.4) is 0 Å². The van der Waals surface area contributed by atoms with E-state index in [-0.39, 0.29) is 12.0 Å². The normalized spacial score (nSPS) is 10.9. The van der Waals surface area contributed by atoms with Gasteiger partial charge < -0.3 is 15.2 Å². The van der Waals surface area contributed by atoms with E-state index >= 15 is 0 Å². The number of hydrogen-bond donors (Lipinski definition) is 2. The number of aromatic nitrogens is 1. The first kappa shape index (κ1) is 15.8. The quantitative estimate of drug-likeness (QED) is 0.580. The van der Waals surface area contributed by atoms with Crippen molar-refractivity contribution in [1.29, 1.82) is 0 Å². The Balaban J connectivity index is 2.55. The van der Waals surface area contributed by atoms with Gasteiger partial charge >= 0.3 is 5.97 Å². The Morgan fingerprint density at radius 1 is 1.45 bits per heavy atom. The summed E-state index contributed by atoms with van der Waals surface area (Å²) < 4.78 is 5.31. The molecule has 0 fully saturated rings. The fraction of sp³-hybridized carbons (Fsp3) is 0.357. The molecule has 0 radical (unpaired) electrons. The van der Waals surface area contributed by atoms with Crippen molar-refractivity contribution < 1.29 is 19.4 Å². The van der Waals surface area contributed by atoms with Crippen molar-refractivity contribution in [3.8, 4) is 0 Å². The van der Waals surface area contributed by atoms with E-state index in [9.17, 15) is 9.59 Å². The summed E-state index contributed by atoms with van der Waals surface area (Å²) in [7, 11) is 0. The maximum atomic E-state index is 11.8. The molecule has 1 heterocycles. The second-order valence-corrected chi connectivity index (χ2v) is 4.35. The standard InChI is InChI=1S/C14H18N2O4/c1-10(2)20-6-5-16-14(19)12-7-11(8-15-9-12)3-4-13(17)18/h3-4,7-10H,5-6H2,1-2H3,(H,16,19)(H,17,18)/b4-3+. The maximum Gasteiger partial charge on any atom is 0.328 e. The highest BCUT2D eigenvalue weighted by atomic mass is 16.5. The molecule has 20 heavy (non-hydrogen) atoms. The lowest BCUT2D eigenvalue weighted by Crippen LogP contribution is -2.28. The van der Waals surface area contributed by atoms with Crippen LogP contribution in [0.5, 0.6) is 0 Å². The van der Waals surface area contributed by atoms with Gasteiger partial charge in [-0.2, -0.15) is 0 Å². The van der Waals surface area contributed by atoms with Crippen molar-refractivity contribution in [3.05, 3.63) is 35.7 Å². The van der Waals surface area contributed by atoms with Crippen molar-refractivity contribution in [1.82, 2.24) is 10.3 Å². The van der Waals surface area contributed by atoms with Crippen LogP contribution in [0.15, 0.2) is 24.5 Å². The summed E-state index contributed by atoms with van der Waals surface area (Å²) in [6.45, 7) is 4.69. The number of nitrogens with one attached hydrogen (secondary N) is 1. The molecule has 1 aromatic rings. The van der Waals surface area contributed by atoms with E-state index < -0.39 is 5.97 Å². The third kappa shape index (κ3) is 6.10. The van der Waals surface area contributed by atoms with E-state index in [4.69, 9.17) is 9.84 Å². The lowest BCUT2D eigenvalue weighted by molar-refractivity contribution is -0.131. The van der Waals surface area contributed by atoms with E-state index in [0.717, 1.165) is 6.08 Å². The minimum Gasteiger partial charge on any atom is -0.478 e. The SMILES string of the molecule is CC(C)OCCNC(=O)c1cncc(/C=C/C(=O)O)c1. The summed E-state index contributed by atoms with van der Waals surface area (Å²) in [5.74, 6) is -1.32. The molecule has 0 aromatic carbocycles. The van der Waals surface area contributed by atoms with E-state index in [2.05, 4.69) is 10.3 Å². The fourth-order valence-electron chi connectivity index (χ4n) is 1.40. The van der Waals surface area contributed by atoms with Gasteiger partial charge in [0, 0.05) is 25.0 Å². The molecular formula is C14H18N2O4. The van der Waals surface area contributed by atoms with Crippen molar-refractivity contribution in [2.45, 2.75) is 20.0 Å². The monoisotopic (exact) mass is 278 g/mol. The number of carbonyl (C=O) groups excluding carboxylic acids is 1. The first-order valence-corrected chi connectivity index (χ1v) is 6.25. The Bertz CT molecular complexity index is 498. The van der Waals surface area contributed by atoms with Gasteiger partial charge in [0.1, 0.15) is 0 Å². The van der Waals surface area contributed by atoms with Gasteiger partial charge in [-0.25, -0.2) is 4.79 Å². The van der Waals surface area contributed by atoms with Gasteiger partial charge in [0.15, 0.2) is 0 Å². The molecule has 0 aliphatic carbocycles. The number of carboxylic acids is 1. The van der Waals surface area contributed by atoms with Crippen LogP contribution in [-0.2, 0) is 9.53 Å². The first-order chi connectivity index (χ1) is 9.49. The Morgan fingerprint density at radius 3 is 2.85 bits per heavy atom. The number of carboxylic acid groups (broad SMARTS) is 1. The minimum absolute atomic E-state index is 0.123. The molecule has 2 N–H and O–H groups in total. The highest BCUT2D eigenvalue weighted by molar-refractivity contribution is 5.94. The zero-order chi connectivity index (χ0) is 15.0. The summed E-state index contributed by atoms with van der Waals surface area (Å²) in [6, 6.07) is 1.57. The Morgan fingerprint density at radius 2 is 2.20 bits per heavy atom. The number of pyridine rings is 1. The maximum absolute atomic E-state index is 11.8. The number of nitrogens with zero attached hydrogens (tertiary/aromatic N) is 1. The molecule has 0 spiro atoms. The van der Waals surface area contributed by atoms with Crippen molar-refractivity contribution in [2.24, 2.45) is 0 Å². The van der Waals surface area contributed by atoms with E-state index in [0.29, 0.717) is 24.3 Å². The van der Waals surface area contributed by atoms with Gasteiger partial charge in [0.2, 0.25) is 0 Å². The van der Waals surface area contributed by atoms with Crippen LogP contribution in [0.25, 0.3) is 6.08 Å². The molecule has 0 saturated carbocycles. The highest BCUT2D eigenvalue weighted by Crippen LogP contribution is 2.04. The summed E-state index contributed by atoms with van der Waals surface area (Å²) in [6.07, 6.45) is 5.41. The van der Waals surface area contributed by atoms with Gasteiger partial charge in [-0.3, -0.25) is 9.78 Å². The molecule has 108 valence electrons. The average Bonchev–Trinajstić information content (AvgIpc) is 2.41. The number of ether oxygens (including phenoxy) is 1. The predicted molar refractivity (Wildman–Crippen MR) is 74.3 cm³/mol. The summed E-state index contributed by atoms with van der Waals surface area (Å²) >= 11 is 0. The molecule has 1 rings (SSSR count). The van der Waals surface area contributed by atoms with Crippen molar-refractivity contribution in [3.63, 3.8) is 0 Å². The highest BCUT2D eigenvalue weighted by Gasteiger charge is 2.06. The minimum atomic E-state index is -1.05. The van der Waals surface area contributed by atoms with Gasteiger partial charge in [0.05, 0.1) is 18.3 Å². The molecule has 0 aliphatic heterocycles. The van der Waals surface area contributed by atoms with Gasteiger partial charge in [-0.05, 0) is 31.6 Å². The Kier molecular flexibility index (Phi) is 6.39. The third-order valence-electron chi connectivity index (χ3n) is 2.28. The van der Waals surface area contributed by atoms with Crippen LogP contribution in [0.1, 0.15) is 29.8 Å². The van der Waals surface area contributed by atoms with Crippen LogP contribution < -0.4 is 5.32 Å². The summed E-state index contributed by atoms with van der Waals surface area (Å²) in [5.41, 5.74) is 0.931. The molecular weight excluding hydrogens is 260 g/mol. The smallest absolute Gasteiger partial charge is 0.328 e. The summed E-state index contributed by atoms with van der Waals surface area (Å²) in [5, 5.41) is 11.2. The second-order valence-electron chi connectivity index (χ2n) is 4.35. The van der Waals surface area contributed by atoms with Crippen LogP contribution in [0.4, 0.5) is 0 Å². The molecule has 1 amide bonds. The zero-order valence-electron chi connectivity index (χ0n) is 11.5. The third-order valence-corrected chi connectivity index (χ3v) is 2.28. The lowest BCUT2D eigenvalue weighted by Gasteiger charge is -2.08. The molecule has 0 saturated heterocycles. The predicted octanol–water partition coefficient (Wildman–Crippen LogP) is 1.33. The van der Waals surface area contributed by atoms with E-state index in [1.807, 2.05) is 13.8 Å². The first-order valence-electron chi connectivity index (χ1n) is 6.25. The molecule has 0 aliphatic rings. The average molecular weight is 278 g/mol. The largest absolute Gasteiger partial charge is 0.478 e. The van der Waals surface area contributed by atoms with E-state index in [1.54, 1.807) is 6.07 Å². The van der Waals surface area contributed by atoms with E-state index in [1.165, 1.54) is 18.5 Å².